The minimum absolute atomic E-state index is 0.833. The SMILES string of the molecule is CNCc1[nH]nc2ccc(C)cc12. The summed E-state index contributed by atoms with van der Waals surface area (Å²) in [4.78, 5) is 0. The molecule has 2 aromatic rings. The van der Waals surface area contributed by atoms with Gasteiger partial charge in [-0.2, -0.15) is 5.10 Å². The van der Waals surface area contributed by atoms with E-state index in [9.17, 15) is 0 Å². The Morgan fingerprint density at radius 2 is 2.31 bits per heavy atom. The zero-order valence-corrected chi connectivity index (χ0v) is 7.89. The van der Waals surface area contributed by atoms with Gasteiger partial charge in [0, 0.05) is 11.9 Å². The summed E-state index contributed by atoms with van der Waals surface area (Å²) < 4.78 is 0. The first-order valence-corrected chi connectivity index (χ1v) is 4.39. The molecule has 0 amide bonds. The molecule has 2 rings (SSSR count). The van der Waals surface area contributed by atoms with Crippen LogP contribution in [0.3, 0.4) is 0 Å². The largest absolute Gasteiger partial charge is 0.314 e. The quantitative estimate of drug-likeness (QED) is 0.727. The van der Waals surface area contributed by atoms with Crippen molar-refractivity contribution in [1.82, 2.24) is 15.5 Å². The molecule has 13 heavy (non-hydrogen) atoms. The van der Waals surface area contributed by atoms with Gasteiger partial charge in [0.25, 0.3) is 0 Å². The topological polar surface area (TPSA) is 40.7 Å². The Balaban J connectivity index is 2.58. The fourth-order valence-electron chi connectivity index (χ4n) is 1.49. The molecular weight excluding hydrogens is 162 g/mol. The zero-order valence-electron chi connectivity index (χ0n) is 7.89. The highest BCUT2D eigenvalue weighted by Gasteiger charge is 2.03. The van der Waals surface area contributed by atoms with Crippen LogP contribution in [-0.4, -0.2) is 17.2 Å². The highest BCUT2D eigenvalue weighted by molar-refractivity contribution is 5.81. The molecule has 0 spiro atoms. The molecule has 0 bridgehead atoms. The molecule has 68 valence electrons. The molecule has 3 heteroatoms. The summed E-state index contributed by atoms with van der Waals surface area (Å²) >= 11 is 0. The Hall–Kier alpha value is -1.35. The van der Waals surface area contributed by atoms with Crippen molar-refractivity contribution in [3.63, 3.8) is 0 Å². The number of aromatic nitrogens is 2. The van der Waals surface area contributed by atoms with Crippen LogP contribution >= 0.6 is 0 Å². The lowest BCUT2D eigenvalue weighted by molar-refractivity contribution is 0.789. The van der Waals surface area contributed by atoms with E-state index in [1.54, 1.807) is 0 Å². The van der Waals surface area contributed by atoms with Crippen LogP contribution in [0, 0.1) is 6.92 Å². The Bertz CT molecular complexity index is 417. The maximum absolute atomic E-state index is 4.21. The maximum atomic E-state index is 4.21. The van der Waals surface area contributed by atoms with Gasteiger partial charge in [0.15, 0.2) is 0 Å². The number of aromatic amines is 1. The number of nitrogens with one attached hydrogen (secondary N) is 2. The molecule has 0 fully saturated rings. The van der Waals surface area contributed by atoms with E-state index in [4.69, 9.17) is 0 Å². The number of nitrogens with zero attached hydrogens (tertiary/aromatic N) is 1. The van der Waals surface area contributed by atoms with Crippen LogP contribution < -0.4 is 5.32 Å². The number of fused-ring (bicyclic) bond motifs is 1. The number of benzene rings is 1. The van der Waals surface area contributed by atoms with Crippen molar-refractivity contribution in [1.29, 1.82) is 0 Å². The summed E-state index contributed by atoms with van der Waals surface area (Å²) in [6.07, 6.45) is 0. The monoisotopic (exact) mass is 175 g/mol. The van der Waals surface area contributed by atoms with E-state index in [0.717, 1.165) is 17.8 Å². The predicted octanol–water partition coefficient (Wildman–Crippen LogP) is 1.59. The molecule has 0 aliphatic carbocycles. The first-order chi connectivity index (χ1) is 6.31. The molecule has 2 N–H and O–H groups in total. The van der Waals surface area contributed by atoms with Gasteiger partial charge < -0.3 is 5.32 Å². The van der Waals surface area contributed by atoms with Crippen LogP contribution in [0.1, 0.15) is 11.3 Å². The standard InChI is InChI=1S/C10H13N3/c1-7-3-4-9-8(5-7)10(6-11-2)13-12-9/h3-5,11H,6H2,1-2H3,(H,12,13). The molecule has 0 aliphatic heterocycles. The second-order valence-corrected chi connectivity index (χ2v) is 3.25. The molecular formula is C10H13N3. The van der Waals surface area contributed by atoms with Crippen LogP contribution in [0.5, 0.6) is 0 Å². The number of H-pyrrole nitrogens is 1. The average molecular weight is 175 g/mol. The van der Waals surface area contributed by atoms with E-state index >= 15 is 0 Å². The molecule has 0 aliphatic rings. The lowest BCUT2D eigenvalue weighted by Crippen LogP contribution is -2.05. The second kappa shape index (κ2) is 3.18. The molecule has 0 radical (unpaired) electrons. The third-order valence-electron chi connectivity index (χ3n) is 2.14. The van der Waals surface area contributed by atoms with Crippen LogP contribution in [0.4, 0.5) is 0 Å². The first-order valence-electron chi connectivity index (χ1n) is 4.39. The zero-order chi connectivity index (χ0) is 9.26. The van der Waals surface area contributed by atoms with Crippen molar-refractivity contribution >= 4 is 10.9 Å². The smallest absolute Gasteiger partial charge is 0.0924 e. The lowest BCUT2D eigenvalue weighted by atomic mass is 10.1. The number of aryl methyl sites for hydroxylation is 1. The molecule has 1 heterocycles. The van der Waals surface area contributed by atoms with E-state index in [-0.39, 0.29) is 0 Å². The summed E-state index contributed by atoms with van der Waals surface area (Å²) in [5.74, 6) is 0. The van der Waals surface area contributed by atoms with Gasteiger partial charge >= 0.3 is 0 Å². The van der Waals surface area contributed by atoms with Crippen molar-refractivity contribution in [3.8, 4) is 0 Å². The van der Waals surface area contributed by atoms with Crippen LogP contribution in [0.15, 0.2) is 18.2 Å². The van der Waals surface area contributed by atoms with Crippen LogP contribution in [-0.2, 0) is 6.54 Å². The summed E-state index contributed by atoms with van der Waals surface area (Å²) in [7, 11) is 1.93. The van der Waals surface area contributed by atoms with Gasteiger partial charge in [-0.1, -0.05) is 11.6 Å². The lowest BCUT2D eigenvalue weighted by Gasteiger charge is -1.96. The summed E-state index contributed by atoms with van der Waals surface area (Å²) in [6, 6.07) is 6.28. The summed E-state index contributed by atoms with van der Waals surface area (Å²) in [6.45, 7) is 2.93. The minimum Gasteiger partial charge on any atom is -0.314 e. The van der Waals surface area contributed by atoms with Gasteiger partial charge in [-0.05, 0) is 26.1 Å². The maximum Gasteiger partial charge on any atom is 0.0924 e. The van der Waals surface area contributed by atoms with Gasteiger partial charge in [0.1, 0.15) is 0 Å². The molecule has 0 saturated heterocycles. The van der Waals surface area contributed by atoms with E-state index in [1.807, 2.05) is 13.1 Å². The molecule has 3 nitrogen and oxygen atoms in total. The Morgan fingerprint density at radius 1 is 1.46 bits per heavy atom. The van der Waals surface area contributed by atoms with E-state index in [2.05, 4.69) is 34.6 Å². The van der Waals surface area contributed by atoms with Crippen molar-refractivity contribution in [3.05, 3.63) is 29.5 Å². The fourth-order valence-corrected chi connectivity index (χ4v) is 1.49. The van der Waals surface area contributed by atoms with Gasteiger partial charge in [0.2, 0.25) is 0 Å². The van der Waals surface area contributed by atoms with Gasteiger partial charge in [-0.25, -0.2) is 0 Å². The minimum atomic E-state index is 0.833. The summed E-state index contributed by atoms with van der Waals surface area (Å²) in [5, 5.41) is 11.6. The molecule has 1 aromatic carbocycles. The highest BCUT2D eigenvalue weighted by Crippen LogP contribution is 2.16. The van der Waals surface area contributed by atoms with Crippen LogP contribution in [0.2, 0.25) is 0 Å². The van der Waals surface area contributed by atoms with Gasteiger partial charge in [-0.15, -0.1) is 0 Å². The molecule has 0 unspecified atom stereocenters. The van der Waals surface area contributed by atoms with E-state index in [1.165, 1.54) is 10.9 Å². The number of rotatable bonds is 2. The third-order valence-corrected chi connectivity index (χ3v) is 2.14. The average Bonchev–Trinajstić information content (AvgIpc) is 2.49. The van der Waals surface area contributed by atoms with E-state index in [0.29, 0.717) is 0 Å². The van der Waals surface area contributed by atoms with Crippen molar-refractivity contribution in [2.24, 2.45) is 0 Å². The van der Waals surface area contributed by atoms with Crippen molar-refractivity contribution < 1.29 is 0 Å². The Kier molecular flexibility index (Phi) is 2.02. The van der Waals surface area contributed by atoms with Gasteiger partial charge in [0.05, 0.1) is 11.2 Å². The Morgan fingerprint density at radius 3 is 3.08 bits per heavy atom. The molecule has 1 aromatic heterocycles. The molecule has 0 saturated carbocycles. The third kappa shape index (κ3) is 1.42. The Labute approximate surface area is 77.2 Å². The summed E-state index contributed by atoms with van der Waals surface area (Å²) in [5.41, 5.74) is 3.46. The molecule has 0 atom stereocenters. The van der Waals surface area contributed by atoms with Gasteiger partial charge in [-0.3, -0.25) is 5.10 Å². The van der Waals surface area contributed by atoms with Crippen molar-refractivity contribution in [2.75, 3.05) is 7.05 Å². The fraction of sp³-hybridized carbons (Fsp3) is 0.300. The number of hydrogen-bond acceptors (Lipinski definition) is 2. The van der Waals surface area contributed by atoms with E-state index < -0.39 is 0 Å². The predicted molar refractivity (Wildman–Crippen MR) is 53.6 cm³/mol. The number of hydrogen-bond donors (Lipinski definition) is 2. The highest BCUT2D eigenvalue weighted by atomic mass is 15.1. The van der Waals surface area contributed by atoms with Crippen LogP contribution in [0.25, 0.3) is 10.9 Å². The second-order valence-electron chi connectivity index (χ2n) is 3.25. The first kappa shape index (κ1) is 8.26. The van der Waals surface area contributed by atoms with Crippen molar-refractivity contribution in [2.45, 2.75) is 13.5 Å². The normalized spacial score (nSPS) is 10.9.